The summed E-state index contributed by atoms with van der Waals surface area (Å²) in [6.45, 7) is 1.73. The molecule has 148 valence electrons. The lowest BCUT2D eigenvalue weighted by Gasteiger charge is -2.07. The van der Waals surface area contributed by atoms with Crippen LogP contribution in [-0.2, 0) is 4.74 Å². The van der Waals surface area contributed by atoms with Gasteiger partial charge in [-0.3, -0.25) is 9.59 Å². The molecule has 7 nitrogen and oxygen atoms in total. The second-order valence-electron chi connectivity index (χ2n) is 5.64. The largest absolute Gasteiger partial charge is 0.461 e. The zero-order valence-electron chi connectivity index (χ0n) is 14.9. The molecule has 0 radical (unpaired) electrons. The Kier molecular flexibility index (Phi) is 6.32. The molecule has 0 amide bonds. The Morgan fingerprint density at radius 1 is 1.03 bits per heavy atom. The fourth-order valence-electron chi connectivity index (χ4n) is 2.45. The number of pyridine rings is 1. The van der Waals surface area contributed by atoms with E-state index in [1.807, 2.05) is 0 Å². The molecule has 0 aliphatic rings. The lowest BCUT2D eigenvalue weighted by molar-refractivity contribution is 0.0515. The lowest BCUT2D eigenvalue weighted by atomic mass is 10.1. The van der Waals surface area contributed by atoms with Gasteiger partial charge in [-0.25, -0.2) is 14.5 Å². The Bertz CT molecular complexity index is 1130. The minimum Gasteiger partial charge on any atom is -0.461 e. The third-order valence-electron chi connectivity index (χ3n) is 3.75. The Balaban J connectivity index is 2.07. The molecule has 0 atom stereocenters. The van der Waals surface area contributed by atoms with Crippen LogP contribution >= 0.6 is 34.8 Å². The second-order valence-corrected chi connectivity index (χ2v) is 6.89. The van der Waals surface area contributed by atoms with Crippen LogP contribution in [0.1, 0.15) is 38.3 Å². The summed E-state index contributed by atoms with van der Waals surface area (Å²) in [6.07, 6.45) is 1.44. The van der Waals surface area contributed by atoms with Crippen LogP contribution in [0.15, 0.2) is 42.6 Å². The van der Waals surface area contributed by atoms with Crippen LogP contribution in [0.25, 0.3) is 5.82 Å². The molecule has 0 saturated carbocycles. The van der Waals surface area contributed by atoms with Gasteiger partial charge in [0.1, 0.15) is 5.69 Å². The van der Waals surface area contributed by atoms with Gasteiger partial charge in [0.25, 0.3) is 5.78 Å². The third-order valence-corrected chi connectivity index (χ3v) is 4.59. The summed E-state index contributed by atoms with van der Waals surface area (Å²) in [6, 6.07) is 8.40. The van der Waals surface area contributed by atoms with Crippen molar-refractivity contribution in [2.24, 2.45) is 0 Å². The van der Waals surface area contributed by atoms with Gasteiger partial charge in [-0.15, -0.1) is 0 Å². The van der Waals surface area contributed by atoms with Crippen molar-refractivity contribution in [3.8, 4) is 5.82 Å². The van der Waals surface area contributed by atoms with E-state index in [9.17, 15) is 14.4 Å². The van der Waals surface area contributed by atoms with Crippen molar-refractivity contribution in [1.82, 2.24) is 14.8 Å². The monoisotopic (exact) mass is 451 g/mol. The zero-order chi connectivity index (χ0) is 21.1. The molecule has 29 heavy (non-hydrogen) atoms. The molecule has 10 heteroatoms. The number of hydrogen-bond donors (Lipinski definition) is 0. The summed E-state index contributed by atoms with van der Waals surface area (Å²) in [5.74, 6) is -2.52. The number of esters is 1. The summed E-state index contributed by atoms with van der Waals surface area (Å²) in [5.41, 5.74) is -0.430. The molecular weight excluding hydrogens is 441 g/mol. The summed E-state index contributed by atoms with van der Waals surface area (Å²) in [5, 5.41) is 4.59. The first-order chi connectivity index (χ1) is 13.8. The van der Waals surface area contributed by atoms with Gasteiger partial charge in [-0.2, -0.15) is 5.10 Å². The van der Waals surface area contributed by atoms with Gasteiger partial charge >= 0.3 is 5.97 Å². The van der Waals surface area contributed by atoms with Crippen molar-refractivity contribution in [2.45, 2.75) is 6.92 Å². The molecule has 2 aromatic heterocycles. The maximum atomic E-state index is 12.7. The topological polar surface area (TPSA) is 91.2 Å². The van der Waals surface area contributed by atoms with Gasteiger partial charge in [0.05, 0.1) is 16.7 Å². The number of ether oxygens (including phenoxy) is 1. The Labute approximate surface area is 180 Å². The number of Topliss-reactive ketones (excluding diaryl/α,β-unsaturated/α-hetero) is 2. The van der Waals surface area contributed by atoms with Gasteiger partial charge in [0.2, 0.25) is 5.78 Å². The molecule has 2 heterocycles. The first kappa shape index (κ1) is 21.0. The molecule has 1 aromatic carbocycles. The number of aromatic nitrogens is 3. The summed E-state index contributed by atoms with van der Waals surface area (Å²) in [7, 11) is 0. The highest BCUT2D eigenvalue weighted by molar-refractivity contribution is 6.51. The van der Waals surface area contributed by atoms with Crippen molar-refractivity contribution in [3.63, 3.8) is 0 Å². The maximum Gasteiger partial charge on any atom is 0.357 e. The van der Waals surface area contributed by atoms with Gasteiger partial charge in [0.15, 0.2) is 11.5 Å². The second kappa shape index (κ2) is 8.73. The molecule has 0 bridgehead atoms. The number of halogens is 3. The minimum atomic E-state index is -0.967. The van der Waals surface area contributed by atoms with Gasteiger partial charge in [0, 0.05) is 22.8 Å². The molecule has 0 spiro atoms. The Morgan fingerprint density at radius 3 is 2.45 bits per heavy atom. The van der Waals surface area contributed by atoms with Crippen LogP contribution in [-0.4, -0.2) is 38.9 Å². The number of rotatable bonds is 6. The highest BCUT2D eigenvalue weighted by Crippen LogP contribution is 2.24. The molecule has 0 unspecified atom stereocenters. The van der Waals surface area contributed by atoms with Crippen LogP contribution in [0.3, 0.4) is 0 Å². The predicted octanol–water partition coefficient (Wildman–Crippen LogP) is 4.47. The molecule has 0 saturated heterocycles. The van der Waals surface area contributed by atoms with Crippen molar-refractivity contribution in [2.75, 3.05) is 6.61 Å². The summed E-state index contributed by atoms with van der Waals surface area (Å²) >= 11 is 18.0. The minimum absolute atomic E-state index is 0.0219. The molecule has 3 rings (SSSR count). The summed E-state index contributed by atoms with van der Waals surface area (Å²) in [4.78, 5) is 41.7. The third kappa shape index (κ3) is 4.32. The lowest BCUT2D eigenvalue weighted by Crippen LogP contribution is -2.16. The van der Waals surface area contributed by atoms with E-state index in [0.717, 1.165) is 10.7 Å². The highest BCUT2D eigenvalue weighted by atomic mass is 35.5. The van der Waals surface area contributed by atoms with Crippen LogP contribution < -0.4 is 0 Å². The average molecular weight is 453 g/mol. The molecule has 0 aliphatic carbocycles. The number of nitrogens with zero attached hydrogens (tertiary/aromatic N) is 3. The van der Waals surface area contributed by atoms with Crippen LogP contribution in [0.2, 0.25) is 15.1 Å². The highest BCUT2D eigenvalue weighted by Gasteiger charge is 2.28. The molecule has 3 aromatic rings. The molecule has 0 fully saturated rings. The average Bonchev–Trinajstić information content (AvgIpc) is 3.13. The van der Waals surface area contributed by atoms with E-state index < -0.39 is 17.5 Å². The van der Waals surface area contributed by atoms with E-state index in [1.165, 1.54) is 24.4 Å². The maximum absolute atomic E-state index is 12.7. The van der Waals surface area contributed by atoms with E-state index >= 15 is 0 Å². The molecule has 0 N–H and O–H groups in total. The number of carbonyl (C=O) groups excluding carboxylic acids is 3. The van der Waals surface area contributed by atoms with Crippen LogP contribution in [0, 0.1) is 0 Å². The fraction of sp³-hybridized carbons (Fsp3) is 0.105. The van der Waals surface area contributed by atoms with Crippen LogP contribution in [0.5, 0.6) is 0 Å². The van der Waals surface area contributed by atoms with E-state index in [2.05, 4.69) is 10.1 Å². The normalized spacial score (nSPS) is 10.6. The van der Waals surface area contributed by atoms with Gasteiger partial charge in [-0.05, 0) is 37.3 Å². The molecule has 0 aliphatic heterocycles. The van der Waals surface area contributed by atoms with Crippen molar-refractivity contribution < 1.29 is 19.1 Å². The van der Waals surface area contributed by atoms with Gasteiger partial charge < -0.3 is 4.74 Å². The van der Waals surface area contributed by atoms with E-state index in [1.54, 1.807) is 19.1 Å². The van der Waals surface area contributed by atoms with Gasteiger partial charge in [-0.1, -0.05) is 34.8 Å². The SMILES string of the molecule is CCOC(=O)c1cc(C(=O)C(=O)c2ccc(Cl)cc2Cl)nn1-c1ncccc1Cl. The van der Waals surface area contributed by atoms with E-state index in [-0.39, 0.29) is 39.4 Å². The quantitative estimate of drug-likeness (QED) is 0.311. The zero-order valence-corrected chi connectivity index (χ0v) is 17.1. The predicted molar refractivity (Wildman–Crippen MR) is 107 cm³/mol. The van der Waals surface area contributed by atoms with E-state index in [4.69, 9.17) is 39.5 Å². The number of benzene rings is 1. The van der Waals surface area contributed by atoms with Crippen molar-refractivity contribution in [3.05, 3.63) is 74.6 Å². The Hall–Kier alpha value is -2.74. The molecular formula is C19H12Cl3N3O4. The fourth-order valence-corrected chi connectivity index (χ4v) is 3.15. The number of ketones is 2. The van der Waals surface area contributed by atoms with Crippen molar-refractivity contribution in [1.29, 1.82) is 0 Å². The van der Waals surface area contributed by atoms with Crippen molar-refractivity contribution >= 4 is 52.3 Å². The van der Waals surface area contributed by atoms with E-state index in [0.29, 0.717) is 5.02 Å². The smallest absolute Gasteiger partial charge is 0.357 e. The first-order valence-corrected chi connectivity index (χ1v) is 9.39. The summed E-state index contributed by atoms with van der Waals surface area (Å²) < 4.78 is 6.06. The standard InChI is InChI=1S/C19H12Cl3N3O4/c1-2-29-19(28)15-9-14(24-25(15)18-12(21)4-3-7-23-18)17(27)16(26)11-6-5-10(20)8-13(11)22/h3-9H,2H2,1H3. The first-order valence-electron chi connectivity index (χ1n) is 8.25. The number of carbonyl (C=O) groups is 3. The number of hydrogen-bond acceptors (Lipinski definition) is 6. The van der Waals surface area contributed by atoms with Crippen LogP contribution in [0.4, 0.5) is 0 Å². The Morgan fingerprint density at radius 2 is 1.79 bits per heavy atom.